The lowest BCUT2D eigenvalue weighted by Gasteiger charge is -2.01. The molecule has 0 bridgehead atoms. The fraction of sp³-hybridized carbons (Fsp3) is 0.333. The molecule has 0 unspecified atom stereocenters. The van der Waals surface area contributed by atoms with Crippen molar-refractivity contribution < 1.29 is 0 Å². The van der Waals surface area contributed by atoms with E-state index in [1.807, 2.05) is 19.2 Å². The van der Waals surface area contributed by atoms with Gasteiger partial charge in [0.05, 0.1) is 5.52 Å². The topological polar surface area (TPSA) is 33.6 Å². The Morgan fingerprint density at radius 2 is 2.38 bits per heavy atom. The Bertz CT molecular complexity index is 577. The first-order chi connectivity index (χ1) is 7.74. The van der Waals surface area contributed by atoms with E-state index < -0.39 is 0 Å². The lowest BCUT2D eigenvalue weighted by Crippen LogP contribution is -1.98. The minimum Gasteiger partial charge on any atom is -0.329 e. The molecule has 84 valence electrons. The van der Waals surface area contributed by atoms with Gasteiger partial charge in [0, 0.05) is 12.7 Å². The van der Waals surface area contributed by atoms with E-state index in [4.69, 9.17) is 12.2 Å². The predicted molar refractivity (Wildman–Crippen MR) is 69.1 cm³/mol. The van der Waals surface area contributed by atoms with E-state index in [0.29, 0.717) is 0 Å². The molecule has 1 N–H and O–H groups in total. The molecule has 0 aliphatic carbocycles. The Kier molecular flexibility index (Phi) is 3.19. The summed E-state index contributed by atoms with van der Waals surface area (Å²) in [6.07, 6.45) is 6.99. The highest BCUT2D eigenvalue weighted by Gasteiger charge is 2.06. The molecule has 16 heavy (non-hydrogen) atoms. The van der Waals surface area contributed by atoms with Gasteiger partial charge in [-0.05, 0) is 44.1 Å². The normalized spacial score (nSPS) is 11.6. The molecule has 4 heteroatoms. The molecular formula is C12H15N3S. The summed E-state index contributed by atoms with van der Waals surface area (Å²) in [5.74, 6) is 0. The average molecular weight is 233 g/mol. The molecule has 0 amide bonds. The van der Waals surface area contributed by atoms with Crippen LogP contribution in [0, 0.1) is 11.7 Å². The third-order valence-electron chi connectivity index (χ3n) is 2.63. The van der Waals surface area contributed by atoms with Gasteiger partial charge in [-0.1, -0.05) is 12.2 Å². The first kappa shape index (κ1) is 11.1. The van der Waals surface area contributed by atoms with Crippen molar-refractivity contribution in [3.63, 3.8) is 0 Å². The van der Waals surface area contributed by atoms with Crippen molar-refractivity contribution in [2.75, 3.05) is 0 Å². The van der Waals surface area contributed by atoms with Crippen LogP contribution in [0.15, 0.2) is 24.4 Å². The zero-order chi connectivity index (χ0) is 11.5. The van der Waals surface area contributed by atoms with E-state index in [1.165, 1.54) is 5.56 Å². The number of rotatable bonds is 3. The second kappa shape index (κ2) is 4.61. The second-order valence-corrected chi connectivity index (χ2v) is 4.15. The van der Waals surface area contributed by atoms with Gasteiger partial charge < -0.3 is 9.55 Å². The number of aromatic amines is 1. The quantitative estimate of drug-likeness (QED) is 0.651. The minimum atomic E-state index is 0.751. The monoisotopic (exact) mass is 233 g/mol. The summed E-state index contributed by atoms with van der Waals surface area (Å²) in [6.45, 7) is 4.96. The molecule has 2 heterocycles. The standard InChI is InChI=1S/C12H15N3S/c1-3-4-5-8-15-11-10(14-12(15)16)9(2)6-7-13-11/h3-4,6-7H,5,8H2,1-2H3,(H,14,16)/b4-3+. The zero-order valence-electron chi connectivity index (χ0n) is 9.53. The van der Waals surface area contributed by atoms with Gasteiger partial charge in [0.2, 0.25) is 0 Å². The SMILES string of the molecule is C/C=C/CCn1c(=S)[nH]c2c(C)ccnc21. The predicted octanol–water partition coefficient (Wildman–Crippen LogP) is 3.37. The van der Waals surface area contributed by atoms with Crippen molar-refractivity contribution in [1.29, 1.82) is 0 Å². The van der Waals surface area contributed by atoms with E-state index in [2.05, 4.69) is 33.6 Å². The molecule has 2 aromatic heterocycles. The number of H-pyrrole nitrogens is 1. The third-order valence-corrected chi connectivity index (χ3v) is 2.95. The molecule has 0 saturated heterocycles. The number of nitrogens with one attached hydrogen (secondary N) is 1. The zero-order valence-corrected chi connectivity index (χ0v) is 10.3. The summed E-state index contributed by atoms with van der Waals surface area (Å²) in [5, 5.41) is 0. The van der Waals surface area contributed by atoms with Crippen molar-refractivity contribution in [3.8, 4) is 0 Å². The summed E-state index contributed by atoms with van der Waals surface area (Å²) >= 11 is 5.31. The second-order valence-electron chi connectivity index (χ2n) is 3.77. The maximum Gasteiger partial charge on any atom is 0.179 e. The van der Waals surface area contributed by atoms with E-state index in [0.717, 1.165) is 28.9 Å². The van der Waals surface area contributed by atoms with E-state index in [9.17, 15) is 0 Å². The van der Waals surface area contributed by atoms with E-state index in [1.54, 1.807) is 0 Å². The Labute approximate surface area is 99.8 Å². The summed E-state index contributed by atoms with van der Waals surface area (Å²) in [5.41, 5.74) is 3.18. The van der Waals surface area contributed by atoms with Gasteiger partial charge in [-0.15, -0.1) is 0 Å². The molecule has 3 nitrogen and oxygen atoms in total. The molecule has 0 radical (unpaired) electrons. The number of nitrogens with zero attached hydrogens (tertiary/aromatic N) is 2. The first-order valence-corrected chi connectivity index (χ1v) is 5.80. The average Bonchev–Trinajstić information content (AvgIpc) is 2.58. The van der Waals surface area contributed by atoms with Crippen LogP contribution in [0.3, 0.4) is 0 Å². The number of allylic oxidation sites excluding steroid dienone is 2. The van der Waals surface area contributed by atoms with Gasteiger partial charge in [0.25, 0.3) is 0 Å². The van der Waals surface area contributed by atoms with Crippen molar-refractivity contribution in [3.05, 3.63) is 34.7 Å². The Morgan fingerprint density at radius 1 is 1.56 bits per heavy atom. The molecule has 0 saturated carbocycles. The molecule has 0 aromatic carbocycles. The van der Waals surface area contributed by atoms with Crippen LogP contribution in [0.1, 0.15) is 18.9 Å². The van der Waals surface area contributed by atoms with E-state index in [-0.39, 0.29) is 0 Å². The van der Waals surface area contributed by atoms with Gasteiger partial charge in [-0.25, -0.2) is 4.98 Å². The molecule has 2 rings (SSSR count). The highest BCUT2D eigenvalue weighted by Crippen LogP contribution is 2.15. The summed E-state index contributed by atoms with van der Waals surface area (Å²) in [4.78, 5) is 7.60. The minimum absolute atomic E-state index is 0.751. The van der Waals surface area contributed by atoms with Crippen molar-refractivity contribution in [2.45, 2.75) is 26.8 Å². The van der Waals surface area contributed by atoms with Gasteiger partial charge in [-0.3, -0.25) is 0 Å². The summed E-state index contributed by atoms with van der Waals surface area (Å²) < 4.78 is 2.80. The Balaban J connectivity index is 2.48. The van der Waals surface area contributed by atoms with Gasteiger partial charge in [-0.2, -0.15) is 0 Å². The number of hydrogen-bond acceptors (Lipinski definition) is 2. The van der Waals surface area contributed by atoms with Crippen LogP contribution in [0.4, 0.5) is 0 Å². The van der Waals surface area contributed by atoms with Crippen molar-refractivity contribution in [2.24, 2.45) is 0 Å². The molecule has 0 aliphatic rings. The van der Waals surface area contributed by atoms with Crippen LogP contribution in [-0.2, 0) is 6.54 Å². The number of pyridine rings is 1. The van der Waals surface area contributed by atoms with Crippen molar-refractivity contribution >= 4 is 23.4 Å². The molecular weight excluding hydrogens is 218 g/mol. The number of fused-ring (bicyclic) bond motifs is 1. The largest absolute Gasteiger partial charge is 0.329 e. The van der Waals surface area contributed by atoms with Crippen LogP contribution >= 0.6 is 12.2 Å². The molecule has 0 spiro atoms. The summed E-state index contributed by atoms with van der Waals surface area (Å²) in [6, 6.07) is 1.99. The summed E-state index contributed by atoms with van der Waals surface area (Å²) in [7, 11) is 0. The Hall–Kier alpha value is -1.42. The Morgan fingerprint density at radius 3 is 3.12 bits per heavy atom. The molecule has 0 aliphatic heterocycles. The van der Waals surface area contributed by atoms with Gasteiger partial charge >= 0.3 is 0 Å². The third kappa shape index (κ3) is 1.93. The van der Waals surface area contributed by atoms with Crippen molar-refractivity contribution in [1.82, 2.24) is 14.5 Å². The maximum atomic E-state index is 5.31. The van der Waals surface area contributed by atoms with Crippen LogP contribution in [-0.4, -0.2) is 14.5 Å². The van der Waals surface area contributed by atoms with Crippen LogP contribution in [0.25, 0.3) is 11.2 Å². The highest BCUT2D eigenvalue weighted by molar-refractivity contribution is 7.71. The number of aromatic nitrogens is 3. The number of hydrogen-bond donors (Lipinski definition) is 1. The lowest BCUT2D eigenvalue weighted by molar-refractivity contribution is 0.713. The first-order valence-electron chi connectivity index (χ1n) is 5.39. The number of aryl methyl sites for hydroxylation is 2. The molecule has 0 fully saturated rings. The molecule has 0 atom stereocenters. The molecule has 2 aromatic rings. The fourth-order valence-electron chi connectivity index (χ4n) is 1.75. The van der Waals surface area contributed by atoms with Crippen LogP contribution in [0.2, 0.25) is 0 Å². The van der Waals surface area contributed by atoms with Gasteiger partial charge in [0.15, 0.2) is 10.4 Å². The van der Waals surface area contributed by atoms with Crippen LogP contribution in [0.5, 0.6) is 0 Å². The fourth-order valence-corrected chi connectivity index (χ4v) is 2.03. The highest BCUT2D eigenvalue weighted by atomic mass is 32.1. The smallest absolute Gasteiger partial charge is 0.179 e. The van der Waals surface area contributed by atoms with E-state index >= 15 is 0 Å². The number of imidazole rings is 1. The van der Waals surface area contributed by atoms with Gasteiger partial charge in [0.1, 0.15) is 0 Å². The lowest BCUT2D eigenvalue weighted by atomic mass is 10.3. The van der Waals surface area contributed by atoms with Crippen LogP contribution < -0.4 is 0 Å². The maximum absolute atomic E-state index is 5.31.